The number of hydrogen-bond donors (Lipinski definition) is 1. The summed E-state index contributed by atoms with van der Waals surface area (Å²) in [5.41, 5.74) is 7.04. The summed E-state index contributed by atoms with van der Waals surface area (Å²) in [4.78, 5) is 0. The molecule has 5 nitrogen and oxygen atoms in total. The van der Waals surface area contributed by atoms with E-state index in [-0.39, 0.29) is 5.75 Å². The molecule has 2 aromatic heterocycles. The van der Waals surface area contributed by atoms with Gasteiger partial charge in [-0.15, -0.1) is 0 Å². The molecular formula is C33H33IN2O3+2. The van der Waals surface area contributed by atoms with Gasteiger partial charge in [0.05, 0.1) is 10.8 Å². The lowest BCUT2D eigenvalue weighted by Gasteiger charge is -2.22. The Morgan fingerprint density at radius 1 is 0.846 bits per heavy atom. The Balaban J connectivity index is 1.71. The van der Waals surface area contributed by atoms with Crippen molar-refractivity contribution in [3.8, 4) is 17.2 Å². The molecule has 0 saturated carbocycles. The van der Waals surface area contributed by atoms with Gasteiger partial charge in [0.1, 0.15) is 5.75 Å². The van der Waals surface area contributed by atoms with Gasteiger partial charge in [-0.05, 0) is 118 Å². The quantitative estimate of drug-likeness (QED) is 0.161. The third-order valence-corrected chi connectivity index (χ3v) is 8.30. The molecule has 0 saturated heterocycles. The Kier molecular flexibility index (Phi) is 6.41. The van der Waals surface area contributed by atoms with Crippen molar-refractivity contribution in [3.05, 3.63) is 98.4 Å². The molecule has 0 radical (unpaired) electrons. The van der Waals surface area contributed by atoms with Crippen molar-refractivity contribution >= 4 is 44.4 Å². The number of hydrogen-bond acceptors (Lipinski definition) is 3. The highest BCUT2D eigenvalue weighted by Gasteiger charge is 2.67. The summed E-state index contributed by atoms with van der Waals surface area (Å²) in [5, 5.41) is 13.4. The molecule has 0 aliphatic carbocycles. The Labute approximate surface area is 242 Å². The number of ether oxygens (including phenoxy) is 2. The molecule has 1 atom stereocenters. The van der Waals surface area contributed by atoms with Crippen LogP contribution < -0.4 is 18.6 Å². The lowest BCUT2D eigenvalue weighted by molar-refractivity contribution is -1.04. The van der Waals surface area contributed by atoms with E-state index in [1.54, 1.807) is 6.07 Å². The lowest BCUT2D eigenvalue weighted by Crippen LogP contribution is -2.79. The van der Waals surface area contributed by atoms with E-state index in [2.05, 4.69) is 91.3 Å². The molecule has 198 valence electrons. The molecule has 6 rings (SSSR count). The van der Waals surface area contributed by atoms with E-state index in [0.717, 1.165) is 67.6 Å². The molecule has 3 heterocycles. The second kappa shape index (κ2) is 9.66. The molecule has 0 spiro atoms. The zero-order chi connectivity index (χ0) is 27.5. The van der Waals surface area contributed by atoms with Crippen LogP contribution in [0.25, 0.3) is 21.8 Å². The van der Waals surface area contributed by atoms with Crippen LogP contribution in [0.2, 0.25) is 0 Å². The number of aromatic hydroxyl groups is 1. The largest absolute Gasteiger partial charge is 0.715 e. The number of halogens is 1. The second-order valence-corrected chi connectivity index (χ2v) is 11.8. The molecule has 39 heavy (non-hydrogen) atoms. The first kappa shape index (κ1) is 25.9. The SMILES string of the molecule is CCCCc1cc(I)cc(OC2([n+]3c(C)cc(C)c4cccc(O)c43)Oc3cccc4c(C)cc(C)[n+]2c34)c1. The number of nitrogens with zero attached hydrogens (tertiary/aromatic N) is 2. The Morgan fingerprint density at radius 2 is 1.49 bits per heavy atom. The second-order valence-electron chi connectivity index (χ2n) is 10.6. The molecule has 1 unspecified atom stereocenters. The molecular weight excluding hydrogens is 599 g/mol. The fourth-order valence-electron chi connectivity index (χ4n) is 6.04. The maximum atomic E-state index is 11.3. The zero-order valence-electron chi connectivity index (χ0n) is 23.0. The van der Waals surface area contributed by atoms with E-state index in [1.807, 2.05) is 35.8 Å². The van der Waals surface area contributed by atoms with E-state index in [4.69, 9.17) is 9.47 Å². The van der Waals surface area contributed by atoms with Gasteiger partial charge < -0.3 is 14.6 Å². The topological polar surface area (TPSA) is 46.5 Å². The number of aromatic nitrogens is 2. The number of pyridine rings is 2. The van der Waals surface area contributed by atoms with Crippen LogP contribution in [0.4, 0.5) is 0 Å². The lowest BCUT2D eigenvalue weighted by atomic mass is 10.1. The minimum atomic E-state index is -1.44. The van der Waals surface area contributed by atoms with Gasteiger partial charge in [-0.1, -0.05) is 25.5 Å². The predicted octanol–water partition coefficient (Wildman–Crippen LogP) is 7.04. The van der Waals surface area contributed by atoms with Gasteiger partial charge in [0.2, 0.25) is 5.75 Å². The standard InChI is InChI=1S/C33H32IN2O3/c1-6-7-10-24-17-25(34)19-26(18-24)38-33(35-22(4)15-20(2)27-11-8-13-29(37)31(27)35)36-23(5)16-21(3)28-12-9-14-30(39-33)32(28)36/h8-9,11-19H,6-7,10H2,1-5H3/q+1/p+1. The number of benzene rings is 3. The molecule has 6 heteroatoms. The van der Waals surface area contributed by atoms with Crippen LogP contribution in [0.1, 0.15) is 47.8 Å². The molecule has 1 aliphatic heterocycles. The van der Waals surface area contributed by atoms with Crippen LogP contribution in [0.3, 0.4) is 0 Å². The minimum Gasteiger partial charge on any atom is -0.502 e. The number of unbranched alkanes of at least 4 members (excludes halogenated alkanes) is 1. The number of phenolic OH excluding ortho intramolecular Hbond substituents is 1. The summed E-state index contributed by atoms with van der Waals surface area (Å²) < 4.78 is 19.3. The fraction of sp³-hybridized carbons (Fsp3) is 0.273. The summed E-state index contributed by atoms with van der Waals surface area (Å²) in [6.07, 6.45) is 3.23. The van der Waals surface area contributed by atoms with Crippen molar-refractivity contribution in [1.29, 1.82) is 0 Å². The Morgan fingerprint density at radius 3 is 2.18 bits per heavy atom. The van der Waals surface area contributed by atoms with Gasteiger partial charge >= 0.3 is 6.03 Å². The summed E-state index contributed by atoms with van der Waals surface area (Å²) in [5.74, 6) is 1.64. The Bertz CT molecular complexity index is 1780. The highest BCUT2D eigenvalue weighted by Crippen LogP contribution is 2.38. The van der Waals surface area contributed by atoms with Crippen LogP contribution in [-0.4, -0.2) is 5.11 Å². The van der Waals surface area contributed by atoms with Crippen LogP contribution in [0.15, 0.2) is 66.7 Å². The normalized spacial score (nSPS) is 16.2. The highest BCUT2D eigenvalue weighted by molar-refractivity contribution is 14.1. The van der Waals surface area contributed by atoms with Gasteiger partial charge in [-0.3, -0.25) is 0 Å². The average molecular weight is 633 g/mol. The smallest absolute Gasteiger partial charge is 0.502 e. The van der Waals surface area contributed by atoms with E-state index >= 15 is 0 Å². The van der Waals surface area contributed by atoms with Crippen molar-refractivity contribution in [2.75, 3.05) is 0 Å². The van der Waals surface area contributed by atoms with E-state index in [1.165, 1.54) is 11.1 Å². The van der Waals surface area contributed by atoms with E-state index in [0.29, 0.717) is 5.52 Å². The molecule has 0 fully saturated rings. The van der Waals surface area contributed by atoms with Crippen LogP contribution >= 0.6 is 22.6 Å². The predicted molar refractivity (Wildman–Crippen MR) is 161 cm³/mol. The van der Waals surface area contributed by atoms with E-state index in [9.17, 15) is 5.11 Å². The summed E-state index contributed by atoms with van der Waals surface area (Å²) in [6, 6.07) is 21.0. The first-order valence-corrected chi connectivity index (χ1v) is 14.6. The van der Waals surface area contributed by atoms with Gasteiger partial charge in [0.25, 0.3) is 11.0 Å². The van der Waals surface area contributed by atoms with Gasteiger partial charge in [-0.25, -0.2) is 0 Å². The van der Waals surface area contributed by atoms with Gasteiger partial charge in [0, 0.05) is 29.6 Å². The number of rotatable bonds is 6. The third-order valence-electron chi connectivity index (χ3n) is 7.68. The summed E-state index contributed by atoms with van der Waals surface area (Å²) in [7, 11) is 0. The van der Waals surface area contributed by atoms with Gasteiger partial charge in [-0.2, -0.15) is 0 Å². The number of fused-ring (bicyclic) bond motifs is 1. The average Bonchev–Trinajstić information content (AvgIpc) is 3.21. The van der Waals surface area contributed by atoms with Crippen molar-refractivity contribution in [1.82, 2.24) is 0 Å². The molecule has 5 aromatic rings. The minimum absolute atomic E-state index is 0.176. The van der Waals surface area contributed by atoms with Gasteiger partial charge in [0.15, 0.2) is 17.1 Å². The fourth-order valence-corrected chi connectivity index (χ4v) is 6.74. The maximum Gasteiger partial charge on any atom is 0.715 e. The van der Waals surface area contributed by atoms with Crippen molar-refractivity contribution in [2.45, 2.75) is 59.9 Å². The maximum absolute atomic E-state index is 11.3. The molecule has 0 bridgehead atoms. The molecule has 0 amide bonds. The van der Waals surface area contributed by atoms with Crippen LogP contribution in [-0.2, 0) is 12.5 Å². The highest BCUT2D eigenvalue weighted by atomic mass is 127. The summed E-state index contributed by atoms with van der Waals surface area (Å²) in [6.45, 7) is 10.5. The monoisotopic (exact) mass is 632 g/mol. The van der Waals surface area contributed by atoms with Crippen molar-refractivity contribution in [3.63, 3.8) is 0 Å². The summed E-state index contributed by atoms with van der Waals surface area (Å²) >= 11 is 2.36. The van der Waals surface area contributed by atoms with Crippen molar-refractivity contribution in [2.24, 2.45) is 0 Å². The first-order valence-electron chi connectivity index (χ1n) is 13.5. The molecule has 3 aromatic carbocycles. The number of para-hydroxylation sites is 2. The van der Waals surface area contributed by atoms with Crippen LogP contribution in [0, 0.1) is 31.3 Å². The Hall–Kier alpha value is -3.39. The van der Waals surface area contributed by atoms with E-state index < -0.39 is 6.03 Å². The molecule has 1 N–H and O–H groups in total. The molecule has 1 aliphatic rings. The number of phenols is 1. The third kappa shape index (κ3) is 4.11. The zero-order valence-corrected chi connectivity index (χ0v) is 25.2. The number of aryl methyl sites for hydroxylation is 5. The van der Waals surface area contributed by atoms with Crippen LogP contribution in [0.5, 0.6) is 17.2 Å². The van der Waals surface area contributed by atoms with Crippen molar-refractivity contribution < 1.29 is 23.7 Å². The first-order chi connectivity index (χ1) is 18.7.